The lowest BCUT2D eigenvalue weighted by molar-refractivity contribution is -0.138. The summed E-state index contributed by atoms with van der Waals surface area (Å²) in [6, 6.07) is 6.15. The molecule has 1 aromatic heterocycles. The second kappa shape index (κ2) is 8.12. The smallest absolute Gasteiger partial charge is 0.325 e. The van der Waals surface area contributed by atoms with Gasteiger partial charge in [-0.05, 0) is 49.8 Å². The second-order valence-corrected chi connectivity index (χ2v) is 7.00. The summed E-state index contributed by atoms with van der Waals surface area (Å²) in [5.41, 5.74) is 7.47. The Labute approximate surface area is 161 Å². The van der Waals surface area contributed by atoms with Crippen molar-refractivity contribution in [2.45, 2.75) is 32.2 Å². The van der Waals surface area contributed by atoms with Crippen LogP contribution in [0.4, 0.5) is 11.8 Å². The lowest BCUT2D eigenvalue weighted by atomic mass is 9.91. The molecule has 6 N–H and O–H groups in total. The van der Waals surface area contributed by atoms with Gasteiger partial charge >= 0.3 is 5.97 Å². The average Bonchev–Trinajstić information content (AvgIpc) is 2.66. The highest BCUT2D eigenvalue weighted by Crippen LogP contribution is 2.23. The fourth-order valence-electron chi connectivity index (χ4n) is 3.19. The minimum absolute atomic E-state index is 0.108. The summed E-state index contributed by atoms with van der Waals surface area (Å²) >= 11 is 0. The summed E-state index contributed by atoms with van der Waals surface area (Å²) in [5.74, 6) is -0.539. The van der Waals surface area contributed by atoms with Gasteiger partial charge in [0.1, 0.15) is 11.9 Å². The molecule has 2 heterocycles. The van der Waals surface area contributed by atoms with E-state index in [-0.39, 0.29) is 11.5 Å². The molecule has 0 spiro atoms. The van der Waals surface area contributed by atoms with Crippen molar-refractivity contribution in [3.05, 3.63) is 51.3 Å². The van der Waals surface area contributed by atoms with Crippen LogP contribution in [0.15, 0.2) is 29.1 Å². The maximum Gasteiger partial charge on any atom is 0.325 e. The van der Waals surface area contributed by atoms with E-state index < -0.39 is 17.9 Å². The van der Waals surface area contributed by atoms with Crippen molar-refractivity contribution in [3.8, 4) is 0 Å². The van der Waals surface area contributed by atoms with Crippen LogP contribution in [0.3, 0.4) is 0 Å². The third-order valence-corrected chi connectivity index (χ3v) is 4.86. The zero-order valence-electron chi connectivity index (χ0n) is 15.5. The van der Waals surface area contributed by atoms with Crippen LogP contribution in [-0.2, 0) is 17.6 Å². The van der Waals surface area contributed by atoms with Crippen molar-refractivity contribution in [2.75, 3.05) is 17.6 Å². The number of nitrogen functional groups attached to an aromatic ring is 1. The topological polar surface area (TPSA) is 150 Å². The van der Waals surface area contributed by atoms with Crippen LogP contribution >= 0.6 is 0 Å². The van der Waals surface area contributed by atoms with Crippen LogP contribution in [0.1, 0.15) is 34.8 Å². The standard InChI is InChI=1S/C19H23N5O4/c1-10(18(27)28)22-16(25)13-6-4-11(5-7-13)2-3-12-8-14-15(21-9-12)23-19(20)24-17(14)26/h4-7,10,12H,2-3,8-9H2,1H3,(H,22,25)(H,27,28)(H4,20,21,23,24,26)/t10-,12+/m0/s1. The minimum Gasteiger partial charge on any atom is -0.480 e. The van der Waals surface area contributed by atoms with E-state index >= 15 is 0 Å². The van der Waals surface area contributed by atoms with E-state index in [1.54, 1.807) is 12.1 Å². The molecule has 2 atom stereocenters. The van der Waals surface area contributed by atoms with Gasteiger partial charge in [0.05, 0.1) is 5.56 Å². The number of aliphatic carboxylic acids is 1. The number of nitrogens with one attached hydrogen (secondary N) is 3. The number of hydrogen-bond acceptors (Lipinski definition) is 6. The van der Waals surface area contributed by atoms with Crippen LogP contribution in [-0.4, -0.2) is 39.5 Å². The van der Waals surface area contributed by atoms with E-state index in [1.807, 2.05) is 12.1 Å². The van der Waals surface area contributed by atoms with Gasteiger partial charge in [-0.2, -0.15) is 4.98 Å². The highest BCUT2D eigenvalue weighted by Gasteiger charge is 2.22. The van der Waals surface area contributed by atoms with Crippen molar-refractivity contribution < 1.29 is 14.7 Å². The first-order valence-electron chi connectivity index (χ1n) is 9.08. The van der Waals surface area contributed by atoms with Gasteiger partial charge in [0, 0.05) is 12.1 Å². The van der Waals surface area contributed by atoms with E-state index in [4.69, 9.17) is 10.8 Å². The van der Waals surface area contributed by atoms with Crippen LogP contribution in [0, 0.1) is 5.92 Å². The highest BCUT2D eigenvalue weighted by molar-refractivity contribution is 5.96. The normalized spacial score (nSPS) is 16.5. The Bertz CT molecular complexity index is 938. The molecule has 0 unspecified atom stereocenters. The number of carbonyl (C=O) groups is 2. The van der Waals surface area contributed by atoms with E-state index in [1.165, 1.54) is 6.92 Å². The first-order valence-corrected chi connectivity index (χ1v) is 9.08. The van der Waals surface area contributed by atoms with E-state index in [0.717, 1.165) is 24.9 Å². The molecular formula is C19H23N5O4. The molecule has 0 fully saturated rings. The Balaban J connectivity index is 1.56. The maximum atomic E-state index is 12.0. The fraction of sp³-hybridized carbons (Fsp3) is 0.368. The average molecular weight is 385 g/mol. The number of amides is 1. The molecule has 0 bridgehead atoms. The number of benzene rings is 1. The van der Waals surface area contributed by atoms with Crippen LogP contribution in [0.2, 0.25) is 0 Å². The molecule has 28 heavy (non-hydrogen) atoms. The number of aromatic nitrogens is 2. The van der Waals surface area contributed by atoms with Gasteiger partial charge in [-0.15, -0.1) is 0 Å². The molecule has 9 heteroatoms. The largest absolute Gasteiger partial charge is 0.480 e. The number of nitrogens with zero attached hydrogens (tertiary/aromatic N) is 1. The molecule has 148 valence electrons. The van der Waals surface area contributed by atoms with Crippen molar-refractivity contribution >= 4 is 23.6 Å². The van der Waals surface area contributed by atoms with Crippen LogP contribution in [0.25, 0.3) is 0 Å². The van der Waals surface area contributed by atoms with Gasteiger partial charge < -0.3 is 21.5 Å². The number of H-pyrrole nitrogens is 1. The van der Waals surface area contributed by atoms with Gasteiger partial charge in [-0.3, -0.25) is 19.4 Å². The first-order chi connectivity index (χ1) is 13.3. The molecule has 0 radical (unpaired) electrons. The Morgan fingerprint density at radius 1 is 1.36 bits per heavy atom. The Morgan fingerprint density at radius 2 is 2.07 bits per heavy atom. The Hall–Kier alpha value is -3.36. The molecule has 9 nitrogen and oxygen atoms in total. The molecule has 0 saturated carbocycles. The predicted molar refractivity (Wildman–Crippen MR) is 104 cm³/mol. The number of carboxylic acid groups (broad SMARTS) is 1. The summed E-state index contributed by atoms with van der Waals surface area (Å²) in [7, 11) is 0. The second-order valence-electron chi connectivity index (χ2n) is 7.00. The van der Waals surface area contributed by atoms with Crippen LogP contribution in [0.5, 0.6) is 0 Å². The predicted octanol–water partition coefficient (Wildman–Crippen LogP) is 0.772. The highest BCUT2D eigenvalue weighted by atomic mass is 16.4. The third-order valence-electron chi connectivity index (χ3n) is 4.86. The van der Waals surface area contributed by atoms with E-state index in [9.17, 15) is 14.4 Å². The summed E-state index contributed by atoms with van der Waals surface area (Å²) in [6.07, 6.45) is 2.31. The molecule has 1 amide bonds. The van der Waals surface area contributed by atoms with Gasteiger partial charge in [0.2, 0.25) is 5.95 Å². The quantitative estimate of drug-likeness (QED) is 0.493. The lowest BCUT2D eigenvalue weighted by Gasteiger charge is -2.24. The zero-order valence-corrected chi connectivity index (χ0v) is 15.5. The summed E-state index contributed by atoms with van der Waals surface area (Å²) in [5, 5.41) is 14.4. The van der Waals surface area contributed by atoms with Crippen molar-refractivity contribution in [3.63, 3.8) is 0 Å². The molecule has 1 aliphatic heterocycles. The van der Waals surface area contributed by atoms with Crippen molar-refractivity contribution in [1.29, 1.82) is 0 Å². The first kappa shape index (κ1) is 19.4. The summed E-state index contributed by atoms with van der Waals surface area (Å²) in [4.78, 5) is 41.5. The maximum absolute atomic E-state index is 12.0. The number of anilines is 2. The number of nitrogens with two attached hydrogens (primary N) is 1. The number of fused-ring (bicyclic) bond motifs is 1. The Kier molecular flexibility index (Phi) is 5.62. The lowest BCUT2D eigenvalue weighted by Crippen LogP contribution is -2.38. The molecular weight excluding hydrogens is 362 g/mol. The Morgan fingerprint density at radius 3 is 2.75 bits per heavy atom. The van der Waals surface area contributed by atoms with Gasteiger partial charge in [0.25, 0.3) is 11.5 Å². The minimum atomic E-state index is -1.08. The number of aromatic amines is 1. The molecule has 1 aliphatic rings. The molecule has 0 saturated heterocycles. The molecule has 3 rings (SSSR count). The number of aryl methyl sites for hydroxylation is 1. The molecule has 0 aliphatic carbocycles. The summed E-state index contributed by atoms with van der Waals surface area (Å²) in [6.45, 7) is 2.14. The van der Waals surface area contributed by atoms with E-state index in [0.29, 0.717) is 29.3 Å². The fourth-order valence-corrected chi connectivity index (χ4v) is 3.19. The number of carboxylic acids is 1. The van der Waals surface area contributed by atoms with Crippen molar-refractivity contribution in [2.24, 2.45) is 5.92 Å². The van der Waals surface area contributed by atoms with E-state index in [2.05, 4.69) is 20.6 Å². The SMILES string of the molecule is C[C@H](NC(=O)c1ccc(CC[C@H]2CNc3nc(N)[nH]c(=O)c3C2)cc1)C(=O)O. The van der Waals surface area contributed by atoms with Gasteiger partial charge in [0.15, 0.2) is 0 Å². The monoisotopic (exact) mass is 385 g/mol. The molecule has 2 aromatic rings. The third kappa shape index (κ3) is 4.48. The zero-order chi connectivity index (χ0) is 20.3. The summed E-state index contributed by atoms with van der Waals surface area (Å²) < 4.78 is 0. The number of rotatable bonds is 6. The van der Waals surface area contributed by atoms with Gasteiger partial charge in [-0.1, -0.05) is 12.1 Å². The van der Waals surface area contributed by atoms with Crippen LogP contribution < -0.4 is 21.9 Å². The number of hydrogen-bond donors (Lipinski definition) is 5. The van der Waals surface area contributed by atoms with Crippen molar-refractivity contribution in [1.82, 2.24) is 15.3 Å². The molecule has 1 aromatic carbocycles. The number of carbonyl (C=O) groups excluding carboxylic acids is 1. The van der Waals surface area contributed by atoms with Gasteiger partial charge in [-0.25, -0.2) is 0 Å².